The Hall–Kier alpha value is -1.98. The van der Waals surface area contributed by atoms with E-state index < -0.39 is 18.2 Å². The van der Waals surface area contributed by atoms with E-state index in [4.69, 9.17) is 5.11 Å². The minimum atomic E-state index is -0.847. The summed E-state index contributed by atoms with van der Waals surface area (Å²) < 4.78 is 0. The first-order valence-corrected chi connectivity index (χ1v) is 9.69. The molecule has 0 unspecified atom stereocenters. The molecule has 0 aromatic carbocycles. The van der Waals surface area contributed by atoms with Gasteiger partial charge in [-0.1, -0.05) is 55.5 Å². The van der Waals surface area contributed by atoms with Crippen LogP contribution < -0.4 is 0 Å². The third kappa shape index (κ3) is 9.50. The van der Waals surface area contributed by atoms with Crippen molar-refractivity contribution in [1.29, 1.82) is 0 Å². The molecule has 1 aliphatic carbocycles. The summed E-state index contributed by atoms with van der Waals surface area (Å²) in [6, 6.07) is 0. The van der Waals surface area contributed by atoms with E-state index in [0.717, 1.165) is 12.8 Å². The zero-order valence-electron chi connectivity index (χ0n) is 16.0. The molecule has 0 aromatic heterocycles. The fraction of sp³-hybridized carbons (Fsp3) is 0.545. The number of aliphatic hydroxyl groups excluding tert-OH is 2. The van der Waals surface area contributed by atoms with Crippen molar-refractivity contribution in [2.45, 2.75) is 64.1 Å². The maximum Gasteiger partial charge on any atom is 0.303 e. The van der Waals surface area contributed by atoms with Crippen LogP contribution in [0.25, 0.3) is 0 Å². The van der Waals surface area contributed by atoms with Crippen LogP contribution in [0.1, 0.15) is 51.9 Å². The van der Waals surface area contributed by atoms with E-state index in [2.05, 4.69) is 19.1 Å². The van der Waals surface area contributed by atoms with E-state index in [9.17, 15) is 19.8 Å². The van der Waals surface area contributed by atoms with Crippen LogP contribution in [0, 0.1) is 11.8 Å². The third-order valence-corrected chi connectivity index (χ3v) is 4.60. The maximum atomic E-state index is 12.1. The summed E-state index contributed by atoms with van der Waals surface area (Å²) in [6.07, 6.45) is 17.2. The molecule has 0 spiro atoms. The molecular weight excluding hydrogens is 344 g/mol. The lowest BCUT2D eigenvalue weighted by atomic mass is 9.90. The van der Waals surface area contributed by atoms with Crippen molar-refractivity contribution in [1.82, 2.24) is 0 Å². The second-order valence-electron chi connectivity index (χ2n) is 6.84. The van der Waals surface area contributed by atoms with Gasteiger partial charge in [-0.2, -0.15) is 0 Å². The van der Waals surface area contributed by atoms with Gasteiger partial charge in [-0.3, -0.25) is 9.59 Å². The summed E-state index contributed by atoms with van der Waals surface area (Å²) in [5, 5.41) is 28.7. The number of hydrogen-bond donors (Lipinski definition) is 3. The SMILES string of the molecule is CC/C=C\C/C=C\C[C@H]1[C@H](O)CC(=O)[C@@H]1/C=C/[C@H](O)C/C=C\CCC(=O)O. The van der Waals surface area contributed by atoms with Crippen molar-refractivity contribution < 1.29 is 24.9 Å². The van der Waals surface area contributed by atoms with E-state index in [0.29, 0.717) is 19.3 Å². The zero-order chi connectivity index (χ0) is 20.1. The minimum Gasteiger partial charge on any atom is -0.481 e. The van der Waals surface area contributed by atoms with Gasteiger partial charge in [0.25, 0.3) is 0 Å². The highest BCUT2D eigenvalue weighted by Gasteiger charge is 2.39. The molecule has 4 atom stereocenters. The Bertz CT molecular complexity index is 573. The molecule has 0 bridgehead atoms. The molecule has 0 aliphatic heterocycles. The number of hydrogen-bond acceptors (Lipinski definition) is 4. The Labute approximate surface area is 161 Å². The molecule has 150 valence electrons. The van der Waals surface area contributed by atoms with Gasteiger partial charge in [0.05, 0.1) is 12.2 Å². The number of carboxylic acids is 1. The highest BCUT2D eigenvalue weighted by molar-refractivity contribution is 5.86. The minimum absolute atomic E-state index is 0.00669. The number of aliphatic carboxylic acids is 1. The molecule has 0 amide bonds. The maximum absolute atomic E-state index is 12.1. The van der Waals surface area contributed by atoms with Gasteiger partial charge in [-0.05, 0) is 32.1 Å². The molecular formula is C22H32O5. The molecule has 5 nitrogen and oxygen atoms in total. The summed E-state index contributed by atoms with van der Waals surface area (Å²) >= 11 is 0. The van der Waals surface area contributed by atoms with Crippen LogP contribution in [-0.2, 0) is 9.59 Å². The van der Waals surface area contributed by atoms with Crippen molar-refractivity contribution in [3.63, 3.8) is 0 Å². The number of carboxylic acid groups (broad SMARTS) is 1. The first-order valence-electron chi connectivity index (χ1n) is 9.69. The molecule has 0 heterocycles. The smallest absolute Gasteiger partial charge is 0.303 e. The molecule has 5 heteroatoms. The standard InChI is InChI=1S/C22H32O5/c1-2-3-4-5-6-9-12-18-19(21(25)16-20(18)24)15-14-17(23)11-8-7-10-13-22(26)27/h3-4,6-9,14-15,17-20,23-24H,2,5,10-13,16H2,1H3,(H,26,27)/b4-3-,8-7-,9-6-,15-14+/t17-,18-,19-,20-/m1/s1. The van der Waals surface area contributed by atoms with Gasteiger partial charge in [0.2, 0.25) is 0 Å². The molecule has 27 heavy (non-hydrogen) atoms. The molecule has 0 radical (unpaired) electrons. The number of ketones is 1. The molecule has 0 saturated heterocycles. The van der Waals surface area contributed by atoms with Crippen LogP contribution in [0.5, 0.6) is 0 Å². The first kappa shape index (κ1) is 23.1. The van der Waals surface area contributed by atoms with Gasteiger partial charge in [0.15, 0.2) is 0 Å². The van der Waals surface area contributed by atoms with Crippen LogP contribution in [0.15, 0.2) is 48.6 Å². The molecule has 1 saturated carbocycles. The average molecular weight is 376 g/mol. The molecule has 1 fully saturated rings. The summed E-state index contributed by atoms with van der Waals surface area (Å²) in [4.78, 5) is 22.6. The van der Waals surface area contributed by atoms with Crippen LogP contribution in [-0.4, -0.2) is 39.3 Å². The van der Waals surface area contributed by atoms with Crippen molar-refractivity contribution in [2.24, 2.45) is 11.8 Å². The van der Waals surface area contributed by atoms with Crippen molar-refractivity contribution >= 4 is 11.8 Å². The van der Waals surface area contributed by atoms with Crippen molar-refractivity contribution in [3.8, 4) is 0 Å². The number of carbonyl (C=O) groups is 2. The second-order valence-corrected chi connectivity index (χ2v) is 6.84. The fourth-order valence-electron chi connectivity index (χ4n) is 3.10. The van der Waals surface area contributed by atoms with Gasteiger partial charge in [0, 0.05) is 24.7 Å². The van der Waals surface area contributed by atoms with Gasteiger partial charge in [-0.25, -0.2) is 0 Å². The van der Waals surface area contributed by atoms with Crippen LogP contribution in [0.2, 0.25) is 0 Å². The van der Waals surface area contributed by atoms with E-state index in [-0.39, 0.29) is 30.5 Å². The molecule has 1 aliphatic rings. The lowest BCUT2D eigenvalue weighted by Gasteiger charge is -2.16. The van der Waals surface area contributed by atoms with Gasteiger partial charge in [0.1, 0.15) is 5.78 Å². The van der Waals surface area contributed by atoms with E-state index in [1.54, 1.807) is 24.3 Å². The van der Waals surface area contributed by atoms with Crippen LogP contribution >= 0.6 is 0 Å². The molecule has 1 rings (SSSR count). The van der Waals surface area contributed by atoms with Gasteiger partial charge in [-0.15, -0.1) is 0 Å². The van der Waals surface area contributed by atoms with E-state index in [1.165, 1.54) is 0 Å². The monoisotopic (exact) mass is 376 g/mol. The topological polar surface area (TPSA) is 94.8 Å². The predicted octanol–water partition coefficient (Wildman–Crippen LogP) is 3.58. The first-order chi connectivity index (χ1) is 13.0. The normalized spacial score (nSPS) is 24.9. The number of rotatable bonds is 12. The number of carbonyl (C=O) groups excluding carboxylic acids is 1. The quantitative estimate of drug-likeness (QED) is 0.453. The van der Waals surface area contributed by atoms with Gasteiger partial charge < -0.3 is 15.3 Å². The van der Waals surface area contributed by atoms with Gasteiger partial charge >= 0.3 is 5.97 Å². The summed E-state index contributed by atoms with van der Waals surface area (Å²) in [5.74, 6) is -1.37. The Morgan fingerprint density at radius 1 is 1.19 bits per heavy atom. The summed E-state index contributed by atoms with van der Waals surface area (Å²) in [7, 11) is 0. The highest BCUT2D eigenvalue weighted by Crippen LogP contribution is 2.33. The third-order valence-electron chi connectivity index (χ3n) is 4.60. The number of Topliss-reactive ketones (excluding diaryl/α,β-unsaturated/α-hetero) is 1. The number of aliphatic hydroxyl groups is 2. The average Bonchev–Trinajstić information content (AvgIpc) is 2.88. The number of allylic oxidation sites excluding steroid dienone is 6. The lowest BCUT2D eigenvalue weighted by Crippen LogP contribution is -2.19. The molecule has 0 aromatic rings. The molecule has 3 N–H and O–H groups in total. The zero-order valence-corrected chi connectivity index (χ0v) is 16.0. The van der Waals surface area contributed by atoms with Crippen LogP contribution in [0.3, 0.4) is 0 Å². The Morgan fingerprint density at radius 2 is 1.93 bits per heavy atom. The van der Waals surface area contributed by atoms with Crippen molar-refractivity contribution in [3.05, 3.63) is 48.6 Å². The second kappa shape index (κ2) is 13.2. The Balaban J connectivity index is 2.50. The largest absolute Gasteiger partial charge is 0.481 e. The van der Waals surface area contributed by atoms with Crippen LogP contribution in [0.4, 0.5) is 0 Å². The summed E-state index contributed by atoms with van der Waals surface area (Å²) in [6.45, 7) is 2.08. The Morgan fingerprint density at radius 3 is 2.63 bits per heavy atom. The lowest BCUT2D eigenvalue weighted by molar-refractivity contribution is -0.136. The fourth-order valence-corrected chi connectivity index (χ4v) is 3.10. The van der Waals surface area contributed by atoms with E-state index >= 15 is 0 Å². The van der Waals surface area contributed by atoms with E-state index in [1.807, 2.05) is 12.2 Å². The predicted molar refractivity (Wildman–Crippen MR) is 106 cm³/mol. The Kier molecular flexibility index (Phi) is 11.3. The summed E-state index contributed by atoms with van der Waals surface area (Å²) in [5.41, 5.74) is 0. The van der Waals surface area contributed by atoms with Crippen molar-refractivity contribution in [2.75, 3.05) is 0 Å². The highest BCUT2D eigenvalue weighted by atomic mass is 16.4.